The number of urea groups is 1. The molecular weight excluding hydrogens is 217 g/mol. The summed E-state index contributed by atoms with van der Waals surface area (Å²) in [6.45, 7) is 0. The summed E-state index contributed by atoms with van der Waals surface area (Å²) >= 11 is 0. The van der Waals surface area contributed by atoms with Gasteiger partial charge in [-0.15, -0.1) is 0 Å². The highest BCUT2D eigenvalue weighted by atomic mass is 19.4. The summed E-state index contributed by atoms with van der Waals surface area (Å²) in [5.74, 6) is -2.04. The van der Waals surface area contributed by atoms with Gasteiger partial charge in [-0.2, -0.15) is 13.2 Å². The van der Waals surface area contributed by atoms with E-state index in [1.165, 1.54) is 19.4 Å². The second-order valence-electron chi connectivity index (χ2n) is 2.70. The number of carboxylic acids is 1. The first-order valence-electron chi connectivity index (χ1n) is 3.62. The second-order valence-corrected chi connectivity index (χ2v) is 2.70. The van der Waals surface area contributed by atoms with Gasteiger partial charge in [-0.05, 0) is 6.08 Å². The number of amides is 2. The van der Waals surface area contributed by atoms with Crippen LogP contribution in [0.25, 0.3) is 0 Å². The molecule has 0 radical (unpaired) electrons. The SMILES string of the molecule is CN(C)C(=O)N/C(=C\C(=O)[O-])C(F)(F)F. The first-order valence-corrected chi connectivity index (χ1v) is 3.62. The zero-order valence-electron chi connectivity index (χ0n) is 7.88. The lowest BCUT2D eigenvalue weighted by Crippen LogP contribution is -2.39. The molecule has 2 amide bonds. The molecule has 0 aromatic heterocycles. The molecule has 0 spiro atoms. The predicted octanol–water partition coefficient (Wildman–Crippen LogP) is -0.546. The first kappa shape index (κ1) is 13.3. The molecule has 15 heavy (non-hydrogen) atoms. The third-order valence-electron chi connectivity index (χ3n) is 1.22. The van der Waals surface area contributed by atoms with Crippen molar-refractivity contribution in [1.82, 2.24) is 10.2 Å². The topological polar surface area (TPSA) is 72.5 Å². The maximum absolute atomic E-state index is 12.1. The molecule has 0 aromatic rings. The van der Waals surface area contributed by atoms with Crippen LogP contribution in [-0.4, -0.2) is 37.2 Å². The van der Waals surface area contributed by atoms with Crippen LogP contribution >= 0.6 is 0 Å². The molecule has 0 fully saturated rings. The Kier molecular flexibility index (Phi) is 4.13. The van der Waals surface area contributed by atoms with Crippen molar-refractivity contribution in [3.8, 4) is 0 Å². The van der Waals surface area contributed by atoms with Gasteiger partial charge in [0.2, 0.25) is 0 Å². The summed E-state index contributed by atoms with van der Waals surface area (Å²) in [6, 6.07) is -1.08. The number of hydrogen-bond donors (Lipinski definition) is 1. The molecule has 0 atom stereocenters. The fourth-order valence-corrected chi connectivity index (χ4v) is 0.534. The van der Waals surface area contributed by atoms with Crippen LogP contribution in [0.5, 0.6) is 0 Å². The molecule has 0 rings (SSSR count). The number of halogens is 3. The van der Waals surface area contributed by atoms with Gasteiger partial charge in [-0.25, -0.2) is 4.79 Å². The number of rotatable bonds is 2. The van der Waals surface area contributed by atoms with E-state index in [1.54, 1.807) is 0 Å². The number of aliphatic carboxylic acids is 1. The zero-order valence-corrected chi connectivity index (χ0v) is 7.88. The van der Waals surface area contributed by atoms with Crippen LogP contribution in [0.3, 0.4) is 0 Å². The van der Waals surface area contributed by atoms with Gasteiger partial charge in [0.05, 0.1) is 5.97 Å². The maximum Gasteiger partial charge on any atom is 0.431 e. The summed E-state index contributed by atoms with van der Waals surface area (Å²) < 4.78 is 36.3. The molecule has 0 saturated heterocycles. The normalized spacial score (nSPS) is 12.2. The lowest BCUT2D eigenvalue weighted by Gasteiger charge is -2.16. The molecule has 0 saturated carbocycles. The van der Waals surface area contributed by atoms with Gasteiger partial charge in [0.15, 0.2) is 0 Å². The van der Waals surface area contributed by atoms with E-state index in [0.29, 0.717) is 0 Å². The summed E-state index contributed by atoms with van der Waals surface area (Å²) in [6.07, 6.45) is -5.17. The Balaban J connectivity index is 4.84. The third kappa shape index (κ3) is 4.89. The maximum atomic E-state index is 12.1. The van der Waals surface area contributed by atoms with Gasteiger partial charge in [0.25, 0.3) is 0 Å². The number of hydrogen-bond acceptors (Lipinski definition) is 3. The van der Waals surface area contributed by atoms with Crippen LogP contribution in [0.15, 0.2) is 11.8 Å². The molecule has 0 aliphatic rings. The number of carboxylic acid groups (broad SMARTS) is 1. The number of nitrogens with one attached hydrogen (secondary N) is 1. The Morgan fingerprint density at radius 2 is 1.80 bits per heavy atom. The fraction of sp³-hybridized carbons (Fsp3) is 0.429. The van der Waals surface area contributed by atoms with Crippen LogP contribution in [0.4, 0.5) is 18.0 Å². The Hall–Kier alpha value is -1.73. The van der Waals surface area contributed by atoms with Gasteiger partial charge in [0.1, 0.15) is 5.70 Å². The monoisotopic (exact) mass is 225 g/mol. The van der Waals surface area contributed by atoms with E-state index in [1.807, 2.05) is 0 Å². The molecule has 0 unspecified atom stereocenters. The van der Waals surface area contributed by atoms with E-state index in [-0.39, 0.29) is 6.08 Å². The number of allylic oxidation sites excluding steroid dienone is 1. The number of carbonyl (C=O) groups is 2. The Bertz CT molecular complexity index is 296. The quantitative estimate of drug-likeness (QED) is 0.641. The lowest BCUT2D eigenvalue weighted by atomic mass is 10.4. The number of alkyl halides is 3. The van der Waals surface area contributed by atoms with Gasteiger partial charge >= 0.3 is 12.2 Å². The molecule has 5 nitrogen and oxygen atoms in total. The minimum atomic E-state index is -4.95. The van der Waals surface area contributed by atoms with Gasteiger partial charge in [-0.1, -0.05) is 0 Å². The van der Waals surface area contributed by atoms with Gasteiger partial charge in [-0.3, -0.25) is 0 Å². The Labute approximate surface area is 83.2 Å². The van der Waals surface area contributed by atoms with E-state index in [4.69, 9.17) is 0 Å². The second kappa shape index (κ2) is 4.67. The molecule has 0 aliphatic carbocycles. The summed E-state index contributed by atoms with van der Waals surface area (Å²) in [4.78, 5) is 21.6. The standard InChI is InChI=1S/C7H9F3N2O3/c1-12(2)6(15)11-4(3-5(13)14)7(8,9)10/h3H,1-2H3,(H,11,15)(H,13,14)/p-1/b4-3-. The van der Waals surface area contributed by atoms with E-state index >= 15 is 0 Å². The van der Waals surface area contributed by atoms with E-state index in [9.17, 15) is 27.9 Å². The molecule has 0 aromatic carbocycles. The van der Waals surface area contributed by atoms with Crippen molar-refractivity contribution in [1.29, 1.82) is 0 Å². The average Bonchev–Trinajstić information content (AvgIpc) is 2.00. The van der Waals surface area contributed by atoms with Crippen molar-refractivity contribution in [3.05, 3.63) is 11.8 Å². The molecule has 1 N–H and O–H groups in total. The van der Waals surface area contributed by atoms with Gasteiger partial charge < -0.3 is 20.1 Å². The van der Waals surface area contributed by atoms with Crippen molar-refractivity contribution in [3.63, 3.8) is 0 Å². The van der Waals surface area contributed by atoms with Crippen LogP contribution in [0.2, 0.25) is 0 Å². The molecular formula is C7H8F3N2O3-. The van der Waals surface area contributed by atoms with Crippen LogP contribution in [0.1, 0.15) is 0 Å². The van der Waals surface area contributed by atoms with Crippen molar-refractivity contribution < 1.29 is 27.9 Å². The average molecular weight is 225 g/mol. The first-order chi connectivity index (χ1) is 6.64. The highest BCUT2D eigenvalue weighted by Crippen LogP contribution is 2.23. The van der Waals surface area contributed by atoms with Crippen molar-refractivity contribution in [2.24, 2.45) is 0 Å². The molecule has 0 aliphatic heterocycles. The minimum absolute atomic E-state index is 0.221. The van der Waals surface area contributed by atoms with Crippen molar-refractivity contribution >= 4 is 12.0 Å². The summed E-state index contributed by atoms with van der Waals surface area (Å²) in [7, 11) is 2.42. The minimum Gasteiger partial charge on any atom is -0.545 e. The molecule has 86 valence electrons. The number of carbonyl (C=O) groups excluding carboxylic acids is 2. The lowest BCUT2D eigenvalue weighted by molar-refractivity contribution is -0.297. The molecule has 0 heterocycles. The Morgan fingerprint density at radius 3 is 2.07 bits per heavy atom. The van der Waals surface area contributed by atoms with Gasteiger partial charge in [0, 0.05) is 14.1 Å². The third-order valence-corrected chi connectivity index (χ3v) is 1.22. The summed E-state index contributed by atoms with van der Waals surface area (Å²) in [5, 5.41) is 11.3. The fourth-order valence-electron chi connectivity index (χ4n) is 0.534. The highest BCUT2D eigenvalue weighted by molar-refractivity contribution is 5.82. The summed E-state index contributed by atoms with van der Waals surface area (Å²) in [5.41, 5.74) is -1.68. The van der Waals surface area contributed by atoms with E-state index < -0.39 is 23.9 Å². The van der Waals surface area contributed by atoms with Crippen molar-refractivity contribution in [2.45, 2.75) is 6.18 Å². The Morgan fingerprint density at radius 1 is 1.33 bits per heavy atom. The largest absolute Gasteiger partial charge is 0.545 e. The highest BCUT2D eigenvalue weighted by Gasteiger charge is 2.35. The van der Waals surface area contributed by atoms with E-state index in [0.717, 1.165) is 4.90 Å². The molecule has 8 heteroatoms. The van der Waals surface area contributed by atoms with Crippen LogP contribution in [0, 0.1) is 0 Å². The smallest absolute Gasteiger partial charge is 0.431 e. The van der Waals surface area contributed by atoms with Crippen LogP contribution in [-0.2, 0) is 4.79 Å². The van der Waals surface area contributed by atoms with Crippen molar-refractivity contribution in [2.75, 3.05) is 14.1 Å². The zero-order chi connectivity index (χ0) is 12.2. The number of nitrogens with zero attached hydrogens (tertiary/aromatic N) is 1. The van der Waals surface area contributed by atoms with E-state index in [2.05, 4.69) is 0 Å². The molecule has 0 bridgehead atoms. The van der Waals surface area contributed by atoms with Crippen LogP contribution < -0.4 is 10.4 Å². The predicted molar refractivity (Wildman–Crippen MR) is 41.4 cm³/mol.